The second kappa shape index (κ2) is 5.74. The van der Waals surface area contributed by atoms with Crippen LogP contribution in [0.4, 0.5) is 4.39 Å². The van der Waals surface area contributed by atoms with Gasteiger partial charge in [0, 0.05) is 18.0 Å². The van der Waals surface area contributed by atoms with Crippen LogP contribution in [0.25, 0.3) is 0 Å². The first kappa shape index (κ1) is 12.7. The van der Waals surface area contributed by atoms with Gasteiger partial charge in [-0.25, -0.2) is 4.39 Å². The summed E-state index contributed by atoms with van der Waals surface area (Å²) >= 11 is 0. The van der Waals surface area contributed by atoms with Crippen molar-refractivity contribution in [1.29, 1.82) is 0 Å². The highest BCUT2D eigenvalue weighted by molar-refractivity contribution is 5.35. The molecule has 0 saturated carbocycles. The third kappa shape index (κ3) is 2.57. The van der Waals surface area contributed by atoms with E-state index in [0.29, 0.717) is 5.56 Å². The van der Waals surface area contributed by atoms with Crippen LogP contribution in [-0.4, -0.2) is 11.5 Å². The second-order valence-electron chi connectivity index (χ2n) is 4.24. The Balaban J connectivity index is 2.47. The fraction of sp³-hybridized carbons (Fsp3) is 0.267. The fourth-order valence-corrected chi connectivity index (χ4v) is 2.11. The minimum absolute atomic E-state index is 0.126. The quantitative estimate of drug-likeness (QED) is 0.893. The third-order valence-corrected chi connectivity index (χ3v) is 3.00. The van der Waals surface area contributed by atoms with E-state index in [1.807, 2.05) is 32.0 Å². The van der Waals surface area contributed by atoms with E-state index in [1.165, 1.54) is 6.07 Å². The molecule has 2 aromatic rings. The van der Waals surface area contributed by atoms with E-state index in [-0.39, 0.29) is 11.9 Å². The lowest BCUT2D eigenvalue weighted by atomic mass is 9.96. The molecule has 2 rings (SSSR count). The molecule has 0 aliphatic rings. The minimum Gasteiger partial charge on any atom is -0.306 e. The molecule has 94 valence electrons. The zero-order valence-electron chi connectivity index (χ0n) is 10.7. The molecule has 18 heavy (non-hydrogen) atoms. The number of aromatic nitrogens is 1. The van der Waals surface area contributed by atoms with Crippen molar-refractivity contribution >= 4 is 0 Å². The van der Waals surface area contributed by atoms with Crippen molar-refractivity contribution in [2.45, 2.75) is 19.9 Å². The van der Waals surface area contributed by atoms with Crippen molar-refractivity contribution in [3.05, 3.63) is 65.2 Å². The maximum Gasteiger partial charge on any atom is 0.128 e. The van der Waals surface area contributed by atoms with Crippen molar-refractivity contribution in [3.8, 4) is 0 Å². The molecular weight excluding hydrogens is 227 g/mol. The molecule has 1 N–H and O–H groups in total. The van der Waals surface area contributed by atoms with E-state index < -0.39 is 0 Å². The summed E-state index contributed by atoms with van der Waals surface area (Å²) in [7, 11) is 0. The minimum atomic E-state index is -0.181. The van der Waals surface area contributed by atoms with E-state index in [1.54, 1.807) is 18.5 Å². The number of nitrogens with zero attached hydrogens (tertiary/aromatic N) is 1. The lowest BCUT2D eigenvalue weighted by molar-refractivity contribution is 0.557. The van der Waals surface area contributed by atoms with Gasteiger partial charge in [0.1, 0.15) is 5.82 Å². The topological polar surface area (TPSA) is 24.9 Å². The number of halogens is 1. The molecule has 0 fully saturated rings. The van der Waals surface area contributed by atoms with Gasteiger partial charge in [0.15, 0.2) is 0 Å². The van der Waals surface area contributed by atoms with Gasteiger partial charge in [-0.2, -0.15) is 0 Å². The Labute approximate surface area is 107 Å². The van der Waals surface area contributed by atoms with Crippen LogP contribution < -0.4 is 5.32 Å². The van der Waals surface area contributed by atoms with Crippen LogP contribution in [0.3, 0.4) is 0 Å². The number of aryl methyl sites for hydroxylation is 1. The average molecular weight is 244 g/mol. The van der Waals surface area contributed by atoms with Crippen LogP contribution in [0.2, 0.25) is 0 Å². The van der Waals surface area contributed by atoms with Gasteiger partial charge in [-0.15, -0.1) is 0 Å². The molecule has 1 heterocycles. The van der Waals surface area contributed by atoms with Crippen LogP contribution in [0.1, 0.15) is 29.7 Å². The Morgan fingerprint density at radius 3 is 2.67 bits per heavy atom. The molecule has 0 bridgehead atoms. The Morgan fingerprint density at radius 2 is 2.00 bits per heavy atom. The van der Waals surface area contributed by atoms with Crippen molar-refractivity contribution < 1.29 is 4.39 Å². The largest absolute Gasteiger partial charge is 0.306 e. The van der Waals surface area contributed by atoms with Crippen LogP contribution in [0.5, 0.6) is 0 Å². The molecule has 0 radical (unpaired) electrons. The highest BCUT2D eigenvalue weighted by atomic mass is 19.1. The molecule has 0 aliphatic carbocycles. The van der Waals surface area contributed by atoms with Gasteiger partial charge in [0.25, 0.3) is 0 Å². The summed E-state index contributed by atoms with van der Waals surface area (Å²) in [6.45, 7) is 4.79. The number of rotatable bonds is 4. The SMILES string of the molecule is CCNC(c1ccncc1C)c1ccccc1F. The highest BCUT2D eigenvalue weighted by Gasteiger charge is 2.17. The Morgan fingerprint density at radius 1 is 1.22 bits per heavy atom. The Bertz CT molecular complexity index is 480. The predicted octanol–water partition coefficient (Wildman–Crippen LogP) is 3.23. The Hall–Kier alpha value is -1.74. The third-order valence-electron chi connectivity index (χ3n) is 3.00. The standard InChI is InChI=1S/C15H17FN2/c1-3-18-15(12-8-9-17-10-11(12)2)13-6-4-5-7-14(13)16/h4-10,15,18H,3H2,1-2H3. The van der Waals surface area contributed by atoms with Gasteiger partial charge in [-0.1, -0.05) is 25.1 Å². The van der Waals surface area contributed by atoms with Crippen LogP contribution >= 0.6 is 0 Å². The average Bonchev–Trinajstić information content (AvgIpc) is 2.38. The summed E-state index contributed by atoms with van der Waals surface area (Å²) in [5, 5.41) is 3.33. The maximum absolute atomic E-state index is 13.9. The van der Waals surface area contributed by atoms with Crippen LogP contribution in [0.15, 0.2) is 42.7 Å². The lowest BCUT2D eigenvalue weighted by Gasteiger charge is -2.21. The van der Waals surface area contributed by atoms with Gasteiger partial charge >= 0.3 is 0 Å². The van der Waals surface area contributed by atoms with E-state index >= 15 is 0 Å². The first-order chi connectivity index (χ1) is 8.74. The van der Waals surface area contributed by atoms with E-state index in [0.717, 1.165) is 17.7 Å². The molecule has 1 unspecified atom stereocenters. The van der Waals surface area contributed by atoms with Crippen LogP contribution in [-0.2, 0) is 0 Å². The molecule has 2 nitrogen and oxygen atoms in total. The van der Waals surface area contributed by atoms with Crippen molar-refractivity contribution in [2.75, 3.05) is 6.54 Å². The normalized spacial score (nSPS) is 12.4. The molecule has 0 aliphatic heterocycles. The van der Waals surface area contributed by atoms with Gasteiger partial charge in [0.2, 0.25) is 0 Å². The van der Waals surface area contributed by atoms with Gasteiger partial charge in [-0.05, 0) is 36.7 Å². The summed E-state index contributed by atoms with van der Waals surface area (Å²) < 4.78 is 13.9. The maximum atomic E-state index is 13.9. The summed E-state index contributed by atoms with van der Waals surface area (Å²) in [6, 6.07) is 8.70. The number of hydrogen-bond acceptors (Lipinski definition) is 2. The lowest BCUT2D eigenvalue weighted by Crippen LogP contribution is -2.23. The zero-order chi connectivity index (χ0) is 13.0. The zero-order valence-corrected chi connectivity index (χ0v) is 10.7. The van der Waals surface area contributed by atoms with E-state index in [4.69, 9.17) is 0 Å². The molecule has 3 heteroatoms. The summed E-state index contributed by atoms with van der Waals surface area (Å²) in [6.07, 6.45) is 3.55. The van der Waals surface area contributed by atoms with E-state index in [2.05, 4.69) is 10.3 Å². The summed E-state index contributed by atoms with van der Waals surface area (Å²) in [5.41, 5.74) is 2.80. The van der Waals surface area contributed by atoms with Crippen molar-refractivity contribution in [3.63, 3.8) is 0 Å². The number of pyridine rings is 1. The first-order valence-electron chi connectivity index (χ1n) is 6.12. The molecule has 1 atom stereocenters. The Kier molecular flexibility index (Phi) is 4.05. The fourth-order valence-electron chi connectivity index (χ4n) is 2.11. The van der Waals surface area contributed by atoms with Crippen molar-refractivity contribution in [1.82, 2.24) is 10.3 Å². The molecular formula is C15H17FN2. The molecule has 0 spiro atoms. The summed E-state index contributed by atoms with van der Waals surface area (Å²) in [4.78, 5) is 4.08. The number of nitrogens with one attached hydrogen (secondary N) is 1. The first-order valence-corrected chi connectivity index (χ1v) is 6.12. The highest BCUT2D eigenvalue weighted by Crippen LogP contribution is 2.26. The molecule has 0 amide bonds. The molecule has 1 aromatic heterocycles. The smallest absolute Gasteiger partial charge is 0.128 e. The number of hydrogen-bond donors (Lipinski definition) is 1. The predicted molar refractivity (Wildman–Crippen MR) is 70.9 cm³/mol. The molecule has 1 aromatic carbocycles. The van der Waals surface area contributed by atoms with Crippen molar-refractivity contribution in [2.24, 2.45) is 0 Å². The van der Waals surface area contributed by atoms with Gasteiger partial charge in [0.05, 0.1) is 6.04 Å². The number of benzene rings is 1. The van der Waals surface area contributed by atoms with E-state index in [9.17, 15) is 4.39 Å². The monoisotopic (exact) mass is 244 g/mol. The van der Waals surface area contributed by atoms with Gasteiger partial charge in [-0.3, -0.25) is 4.98 Å². The summed E-state index contributed by atoms with van der Waals surface area (Å²) in [5.74, 6) is -0.181. The molecule has 0 saturated heterocycles. The van der Waals surface area contributed by atoms with Gasteiger partial charge < -0.3 is 5.32 Å². The second-order valence-corrected chi connectivity index (χ2v) is 4.24. The van der Waals surface area contributed by atoms with Crippen LogP contribution in [0, 0.1) is 12.7 Å².